The summed E-state index contributed by atoms with van der Waals surface area (Å²) in [5.41, 5.74) is -1.36. The van der Waals surface area contributed by atoms with Crippen LogP contribution in [0.15, 0.2) is 0 Å². The maximum atomic E-state index is 13.0. The molecule has 0 aromatic rings. The molecule has 0 radical (unpaired) electrons. The first-order valence-corrected chi connectivity index (χ1v) is 6.97. The summed E-state index contributed by atoms with van der Waals surface area (Å²) in [6.07, 6.45) is -0.407. The first kappa shape index (κ1) is 12.8. The molecule has 1 nitrogen and oxygen atoms in total. The Morgan fingerprint density at radius 1 is 1.06 bits per heavy atom. The van der Waals surface area contributed by atoms with E-state index in [9.17, 15) is 13.2 Å². The molecule has 0 aromatic carbocycles. The van der Waals surface area contributed by atoms with Crippen LogP contribution in [0.4, 0.5) is 13.2 Å². The minimum Gasteiger partial charge on any atom is -0.300 e. The van der Waals surface area contributed by atoms with Crippen molar-refractivity contribution < 1.29 is 13.2 Å². The van der Waals surface area contributed by atoms with Crippen LogP contribution in [0.3, 0.4) is 0 Å². The molecule has 0 amide bonds. The van der Waals surface area contributed by atoms with Crippen LogP contribution in [0.5, 0.6) is 0 Å². The van der Waals surface area contributed by atoms with Gasteiger partial charge in [-0.1, -0.05) is 20.8 Å². The third-order valence-electron chi connectivity index (χ3n) is 6.54. The van der Waals surface area contributed by atoms with Crippen LogP contribution in [0.25, 0.3) is 0 Å². The molecule has 3 rings (SSSR count). The van der Waals surface area contributed by atoms with Gasteiger partial charge in [0, 0.05) is 6.04 Å². The lowest BCUT2D eigenvalue weighted by Gasteiger charge is -2.41. The summed E-state index contributed by atoms with van der Waals surface area (Å²) in [5.74, 6) is 0.587. The van der Waals surface area contributed by atoms with E-state index in [1.807, 2.05) is 0 Å². The van der Waals surface area contributed by atoms with E-state index in [0.717, 1.165) is 12.8 Å². The summed E-state index contributed by atoms with van der Waals surface area (Å²) in [7, 11) is 0. The minimum atomic E-state index is -4.09. The van der Waals surface area contributed by atoms with Crippen LogP contribution in [0, 0.1) is 16.7 Å². The molecule has 3 aliphatic rings. The second kappa shape index (κ2) is 3.25. The molecule has 3 saturated carbocycles. The minimum absolute atomic E-state index is 0.0263. The number of hydrogen-bond donors (Lipinski definition) is 1. The zero-order valence-electron chi connectivity index (χ0n) is 11.3. The number of fused-ring (bicyclic) bond motifs is 2. The molecule has 18 heavy (non-hydrogen) atoms. The van der Waals surface area contributed by atoms with Crippen LogP contribution in [-0.2, 0) is 0 Å². The highest BCUT2D eigenvalue weighted by Gasteiger charge is 2.68. The Labute approximate surface area is 107 Å². The van der Waals surface area contributed by atoms with Crippen molar-refractivity contribution in [2.45, 2.75) is 70.6 Å². The lowest BCUT2D eigenvalue weighted by atomic mass is 9.69. The van der Waals surface area contributed by atoms with Gasteiger partial charge in [0.25, 0.3) is 0 Å². The first-order chi connectivity index (χ1) is 8.12. The monoisotopic (exact) mass is 261 g/mol. The van der Waals surface area contributed by atoms with Gasteiger partial charge in [0.05, 0.1) is 0 Å². The molecule has 4 heteroatoms. The smallest absolute Gasteiger partial charge is 0.300 e. The Morgan fingerprint density at radius 3 is 2.00 bits per heavy atom. The van der Waals surface area contributed by atoms with Crippen molar-refractivity contribution in [2.75, 3.05) is 0 Å². The summed E-state index contributed by atoms with van der Waals surface area (Å²) < 4.78 is 39.1. The van der Waals surface area contributed by atoms with Gasteiger partial charge >= 0.3 is 6.18 Å². The summed E-state index contributed by atoms with van der Waals surface area (Å²) in [6.45, 7) is 6.66. The molecule has 104 valence electrons. The van der Waals surface area contributed by atoms with Gasteiger partial charge in [-0.25, -0.2) is 0 Å². The maximum absolute atomic E-state index is 13.0. The van der Waals surface area contributed by atoms with Gasteiger partial charge in [-0.3, -0.25) is 0 Å². The van der Waals surface area contributed by atoms with Crippen molar-refractivity contribution in [1.82, 2.24) is 5.32 Å². The fraction of sp³-hybridized carbons (Fsp3) is 1.00. The van der Waals surface area contributed by atoms with Crippen molar-refractivity contribution in [3.63, 3.8) is 0 Å². The van der Waals surface area contributed by atoms with Crippen molar-refractivity contribution >= 4 is 0 Å². The van der Waals surface area contributed by atoms with E-state index in [2.05, 4.69) is 26.1 Å². The summed E-state index contributed by atoms with van der Waals surface area (Å²) in [5, 5.41) is 3.01. The van der Waals surface area contributed by atoms with E-state index in [1.165, 1.54) is 6.42 Å². The molecule has 1 N–H and O–H groups in total. The molecule has 0 saturated heterocycles. The van der Waals surface area contributed by atoms with E-state index >= 15 is 0 Å². The largest absolute Gasteiger partial charge is 0.406 e. The molecule has 3 aliphatic carbocycles. The Kier molecular flexibility index (Phi) is 2.31. The zero-order valence-corrected chi connectivity index (χ0v) is 11.3. The molecule has 0 heterocycles. The van der Waals surface area contributed by atoms with Crippen molar-refractivity contribution in [3.05, 3.63) is 0 Å². The highest BCUT2D eigenvalue weighted by molar-refractivity contribution is 5.18. The van der Waals surface area contributed by atoms with E-state index in [1.54, 1.807) is 0 Å². The number of halogens is 3. The van der Waals surface area contributed by atoms with Gasteiger partial charge in [0.15, 0.2) is 0 Å². The van der Waals surface area contributed by atoms with E-state index in [-0.39, 0.29) is 29.7 Å². The predicted molar refractivity (Wildman–Crippen MR) is 64.2 cm³/mol. The molecule has 0 spiro atoms. The number of nitrogens with one attached hydrogen (secondary N) is 1. The average molecular weight is 261 g/mol. The van der Waals surface area contributed by atoms with Gasteiger partial charge in [-0.05, 0) is 48.9 Å². The molecule has 0 aromatic heterocycles. The van der Waals surface area contributed by atoms with Gasteiger partial charge in [0.2, 0.25) is 0 Å². The average Bonchev–Trinajstić information content (AvgIpc) is 2.94. The van der Waals surface area contributed by atoms with Gasteiger partial charge in [-0.2, -0.15) is 13.2 Å². The van der Waals surface area contributed by atoms with Crippen molar-refractivity contribution in [3.8, 4) is 0 Å². The normalized spacial score (nSPS) is 44.3. The number of alkyl halides is 3. The molecule has 3 fully saturated rings. The summed E-state index contributed by atoms with van der Waals surface area (Å²) in [4.78, 5) is 0. The standard InChI is InChI=1S/C14H22F3N/c1-11(2)9-4-5-12(11,3)10(8-9)18-13(6-7-13)14(15,16)17/h9-10,18H,4-8H2,1-3H3. The fourth-order valence-corrected chi connectivity index (χ4v) is 4.39. The Morgan fingerprint density at radius 2 is 1.67 bits per heavy atom. The van der Waals surface area contributed by atoms with Crippen molar-refractivity contribution in [1.29, 1.82) is 0 Å². The van der Waals surface area contributed by atoms with E-state index < -0.39 is 11.7 Å². The molecular formula is C14H22F3N. The lowest BCUT2D eigenvalue weighted by Crippen LogP contribution is -2.55. The molecule has 3 unspecified atom stereocenters. The SMILES string of the molecule is CC1(C)C2CCC1(C)C(NC1(C(F)(F)F)CC1)C2. The van der Waals surface area contributed by atoms with Crippen LogP contribution >= 0.6 is 0 Å². The molecule has 3 atom stereocenters. The molecule has 0 aliphatic heterocycles. The third kappa shape index (κ3) is 1.38. The topological polar surface area (TPSA) is 12.0 Å². The zero-order chi connectivity index (χ0) is 13.4. The third-order valence-corrected chi connectivity index (χ3v) is 6.54. The molecule has 2 bridgehead atoms. The number of rotatable bonds is 2. The van der Waals surface area contributed by atoms with Crippen LogP contribution in [-0.4, -0.2) is 17.8 Å². The second-order valence-corrected chi connectivity index (χ2v) is 7.39. The second-order valence-electron chi connectivity index (χ2n) is 7.39. The maximum Gasteiger partial charge on any atom is 0.406 e. The number of hydrogen-bond acceptors (Lipinski definition) is 1. The van der Waals surface area contributed by atoms with E-state index in [0.29, 0.717) is 5.92 Å². The fourth-order valence-electron chi connectivity index (χ4n) is 4.39. The van der Waals surface area contributed by atoms with Gasteiger partial charge in [0.1, 0.15) is 5.54 Å². The predicted octanol–water partition coefficient (Wildman–Crippen LogP) is 3.89. The molecular weight excluding hydrogens is 239 g/mol. The quantitative estimate of drug-likeness (QED) is 0.795. The summed E-state index contributed by atoms with van der Waals surface area (Å²) >= 11 is 0. The van der Waals surface area contributed by atoms with Gasteiger partial charge in [-0.15, -0.1) is 0 Å². The van der Waals surface area contributed by atoms with E-state index in [4.69, 9.17) is 0 Å². The van der Waals surface area contributed by atoms with Crippen LogP contribution < -0.4 is 5.32 Å². The van der Waals surface area contributed by atoms with Crippen LogP contribution in [0.1, 0.15) is 52.9 Å². The highest BCUT2D eigenvalue weighted by Crippen LogP contribution is 2.66. The van der Waals surface area contributed by atoms with Gasteiger partial charge < -0.3 is 5.32 Å². The Bertz CT molecular complexity index is 370. The Balaban J connectivity index is 1.81. The van der Waals surface area contributed by atoms with Crippen molar-refractivity contribution in [2.24, 2.45) is 16.7 Å². The summed E-state index contributed by atoms with van der Waals surface area (Å²) in [6, 6.07) is 0.0374. The lowest BCUT2D eigenvalue weighted by molar-refractivity contribution is -0.170. The van der Waals surface area contributed by atoms with Crippen LogP contribution in [0.2, 0.25) is 0 Å². The highest BCUT2D eigenvalue weighted by atomic mass is 19.4. The Hall–Kier alpha value is -0.250. The first-order valence-electron chi connectivity index (χ1n) is 6.97.